The zero-order valence-electron chi connectivity index (χ0n) is 10.5. The maximum Gasteiger partial charge on any atom is 0.330 e. The van der Waals surface area contributed by atoms with Crippen molar-refractivity contribution >= 4 is 29.2 Å². The minimum atomic E-state index is -0.873. The summed E-state index contributed by atoms with van der Waals surface area (Å²) in [5.74, 6) is -1.43. The number of carbonyl (C=O) groups is 2. The van der Waals surface area contributed by atoms with Gasteiger partial charge in [0, 0.05) is 13.5 Å². The van der Waals surface area contributed by atoms with Crippen LogP contribution in [0.3, 0.4) is 0 Å². The van der Waals surface area contributed by atoms with Gasteiger partial charge in [0.2, 0.25) is 5.91 Å². The average Bonchev–Trinajstić information content (AvgIpc) is 2.36. The molecule has 1 rings (SSSR count). The molecule has 0 heterocycles. The van der Waals surface area contributed by atoms with Crippen LogP contribution in [0.4, 0.5) is 10.1 Å². The minimum absolute atomic E-state index is 0.0371. The highest BCUT2D eigenvalue weighted by Gasteiger charge is 2.20. The fraction of sp³-hybridized carbons (Fsp3) is 0.333. The van der Waals surface area contributed by atoms with E-state index < -0.39 is 17.8 Å². The van der Waals surface area contributed by atoms with Gasteiger partial charge in [0.05, 0.1) is 17.8 Å². The lowest BCUT2D eigenvalue weighted by molar-refractivity contribution is -0.144. The first-order valence-electron chi connectivity index (χ1n) is 5.48. The van der Waals surface area contributed by atoms with E-state index in [4.69, 9.17) is 11.6 Å². The number of nitrogens with one attached hydrogen (secondary N) is 2. The lowest BCUT2D eigenvalue weighted by atomic mass is 10.2. The fourth-order valence-corrected chi connectivity index (χ4v) is 1.61. The molecule has 0 fully saturated rings. The van der Waals surface area contributed by atoms with Crippen LogP contribution in [0, 0.1) is 5.82 Å². The Bertz CT molecular complexity index is 482. The number of esters is 1. The Morgan fingerprint density at radius 2 is 2.16 bits per heavy atom. The summed E-state index contributed by atoms with van der Waals surface area (Å²) in [6.07, 6.45) is 0. The Balaban J connectivity index is 2.72. The first-order valence-corrected chi connectivity index (χ1v) is 5.85. The third-order valence-electron chi connectivity index (χ3n) is 2.29. The predicted molar refractivity (Wildman–Crippen MR) is 69.5 cm³/mol. The molecule has 7 heteroatoms. The maximum atomic E-state index is 13.0. The van der Waals surface area contributed by atoms with Gasteiger partial charge < -0.3 is 15.4 Å². The van der Waals surface area contributed by atoms with E-state index >= 15 is 0 Å². The first-order chi connectivity index (χ1) is 8.93. The zero-order valence-corrected chi connectivity index (χ0v) is 11.3. The van der Waals surface area contributed by atoms with Crippen LogP contribution in [0.1, 0.15) is 6.92 Å². The van der Waals surface area contributed by atoms with Crippen molar-refractivity contribution < 1.29 is 18.7 Å². The minimum Gasteiger partial charge on any atom is -0.467 e. The van der Waals surface area contributed by atoms with Gasteiger partial charge in [-0.1, -0.05) is 11.6 Å². The van der Waals surface area contributed by atoms with Gasteiger partial charge in [0.15, 0.2) is 0 Å². The van der Waals surface area contributed by atoms with E-state index in [1.807, 2.05) is 0 Å². The molecular formula is C12H14ClFN2O3. The standard InChI is InChI=1S/C12H14ClFN2O3/c1-7(17)16-11(12(18)19-2)6-15-10-5-8(14)3-4-9(10)13/h3-5,11,15H,6H2,1-2H3,(H,16,17). The van der Waals surface area contributed by atoms with E-state index in [1.54, 1.807) is 0 Å². The van der Waals surface area contributed by atoms with Crippen molar-refractivity contribution in [3.63, 3.8) is 0 Å². The quantitative estimate of drug-likeness (QED) is 0.807. The monoisotopic (exact) mass is 288 g/mol. The molecule has 0 spiro atoms. The molecule has 0 aliphatic heterocycles. The van der Waals surface area contributed by atoms with E-state index in [-0.39, 0.29) is 12.5 Å². The molecular weight excluding hydrogens is 275 g/mol. The summed E-state index contributed by atoms with van der Waals surface area (Å²) in [7, 11) is 1.21. The lowest BCUT2D eigenvalue weighted by Crippen LogP contribution is -2.45. The van der Waals surface area contributed by atoms with E-state index in [0.717, 1.165) is 0 Å². The van der Waals surface area contributed by atoms with Gasteiger partial charge in [-0.2, -0.15) is 0 Å². The second kappa shape index (κ2) is 6.94. The maximum absolute atomic E-state index is 13.0. The van der Waals surface area contributed by atoms with Crippen molar-refractivity contribution in [2.45, 2.75) is 13.0 Å². The molecule has 5 nitrogen and oxygen atoms in total. The molecule has 1 amide bonds. The molecule has 0 aromatic heterocycles. The highest BCUT2D eigenvalue weighted by molar-refractivity contribution is 6.33. The molecule has 1 aromatic rings. The molecule has 0 bridgehead atoms. The van der Waals surface area contributed by atoms with Gasteiger partial charge in [-0.25, -0.2) is 9.18 Å². The zero-order chi connectivity index (χ0) is 14.4. The van der Waals surface area contributed by atoms with E-state index in [2.05, 4.69) is 15.4 Å². The molecule has 104 valence electrons. The Labute approximate surface area is 115 Å². The van der Waals surface area contributed by atoms with Crippen LogP contribution >= 0.6 is 11.6 Å². The van der Waals surface area contributed by atoms with Crippen LogP contribution < -0.4 is 10.6 Å². The highest BCUT2D eigenvalue weighted by Crippen LogP contribution is 2.22. The van der Waals surface area contributed by atoms with Crippen molar-refractivity contribution in [1.29, 1.82) is 0 Å². The van der Waals surface area contributed by atoms with Crippen molar-refractivity contribution in [1.82, 2.24) is 5.32 Å². The van der Waals surface area contributed by atoms with Crippen molar-refractivity contribution in [2.75, 3.05) is 19.0 Å². The molecule has 0 saturated carbocycles. The highest BCUT2D eigenvalue weighted by atomic mass is 35.5. The van der Waals surface area contributed by atoms with Crippen LogP contribution in [0.5, 0.6) is 0 Å². The Hall–Kier alpha value is -1.82. The Morgan fingerprint density at radius 1 is 1.47 bits per heavy atom. The van der Waals surface area contributed by atoms with Gasteiger partial charge in [-0.3, -0.25) is 4.79 Å². The third-order valence-corrected chi connectivity index (χ3v) is 2.62. The number of carbonyl (C=O) groups excluding carboxylic acids is 2. The summed E-state index contributed by atoms with van der Waals surface area (Å²) in [5, 5.41) is 5.52. The second-order valence-corrected chi connectivity index (χ2v) is 4.19. The van der Waals surface area contributed by atoms with Crippen LogP contribution in [-0.2, 0) is 14.3 Å². The SMILES string of the molecule is COC(=O)C(CNc1cc(F)ccc1Cl)NC(C)=O. The molecule has 2 N–H and O–H groups in total. The number of amides is 1. The number of ether oxygens (including phenoxy) is 1. The number of benzene rings is 1. The van der Waals surface area contributed by atoms with Crippen LogP contribution in [0.15, 0.2) is 18.2 Å². The van der Waals surface area contributed by atoms with Crippen LogP contribution in [0.25, 0.3) is 0 Å². The van der Waals surface area contributed by atoms with Crippen LogP contribution in [0.2, 0.25) is 5.02 Å². The molecule has 0 radical (unpaired) electrons. The van der Waals surface area contributed by atoms with E-state index in [0.29, 0.717) is 10.7 Å². The summed E-state index contributed by atoms with van der Waals surface area (Å²) in [5.41, 5.74) is 0.334. The molecule has 0 aliphatic carbocycles. The summed E-state index contributed by atoms with van der Waals surface area (Å²) >= 11 is 5.87. The second-order valence-electron chi connectivity index (χ2n) is 3.78. The number of hydrogen-bond donors (Lipinski definition) is 2. The van der Waals surface area contributed by atoms with Crippen molar-refractivity contribution in [2.24, 2.45) is 0 Å². The number of anilines is 1. The molecule has 0 saturated heterocycles. The largest absolute Gasteiger partial charge is 0.467 e. The normalized spacial score (nSPS) is 11.6. The molecule has 1 unspecified atom stereocenters. The molecule has 0 aliphatic rings. The van der Waals surface area contributed by atoms with Crippen LogP contribution in [-0.4, -0.2) is 31.6 Å². The van der Waals surface area contributed by atoms with Gasteiger partial charge in [-0.05, 0) is 18.2 Å². The smallest absolute Gasteiger partial charge is 0.330 e. The molecule has 19 heavy (non-hydrogen) atoms. The van der Waals surface area contributed by atoms with Gasteiger partial charge in [0.25, 0.3) is 0 Å². The van der Waals surface area contributed by atoms with E-state index in [1.165, 1.54) is 32.2 Å². The number of hydrogen-bond acceptors (Lipinski definition) is 4. The van der Waals surface area contributed by atoms with Gasteiger partial charge >= 0.3 is 5.97 Å². The Morgan fingerprint density at radius 3 is 2.74 bits per heavy atom. The first kappa shape index (κ1) is 15.2. The molecule has 1 aromatic carbocycles. The number of rotatable bonds is 5. The van der Waals surface area contributed by atoms with Crippen molar-refractivity contribution in [3.8, 4) is 0 Å². The van der Waals surface area contributed by atoms with Gasteiger partial charge in [-0.15, -0.1) is 0 Å². The number of halogens is 2. The summed E-state index contributed by atoms with van der Waals surface area (Å²) in [6.45, 7) is 1.32. The van der Waals surface area contributed by atoms with E-state index in [9.17, 15) is 14.0 Å². The van der Waals surface area contributed by atoms with Gasteiger partial charge in [0.1, 0.15) is 11.9 Å². The third kappa shape index (κ3) is 4.75. The topological polar surface area (TPSA) is 67.4 Å². The lowest BCUT2D eigenvalue weighted by Gasteiger charge is -2.17. The summed E-state index contributed by atoms with van der Waals surface area (Å²) in [6, 6.07) is 2.94. The summed E-state index contributed by atoms with van der Waals surface area (Å²) in [4.78, 5) is 22.4. The Kier molecular flexibility index (Phi) is 5.57. The summed E-state index contributed by atoms with van der Waals surface area (Å²) < 4.78 is 17.6. The van der Waals surface area contributed by atoms with Crippen molar-refractivity contribution in [3.05, 3.63) is 29.0 Å². The number of methoxy groups -OCH3 is 1. The predicted octanol–water partition coefficient (Wildman–Crippen LogP) is 1.57. The fourth-order valence-electron chi connectivity index (χ4n) is 1.43. The molecule has 1 atom stereocenters. The average molecular weight is 289 g/mol.